The van der Waals surface area contributed by atoms with Crippen LogP contribution in [-0.2, 0) is 0 Å². The second-order valence-corrected chi connectivity index (χ2v) is 7.68. The molecule has 0 atom stereocenters. The van der Waals surface area contributed by atoms with Gasteiger partial charge in [0.05, 0.1) is 11.4 Å². The van der Waals surface area contributed by atoms with Crippen LogP contribution in [0, 0.1) is 0 Å². The van der Waals surface area contributed by atoms with Crippen molar-refractivity contribution in [3.05, 3.63) is 59.1 Å². The molecule has 2 aliphatic heterocycles. The maximum absolute atomic E-state index is 6.28. The number of halogens is 2. The number of likely N-dealkylation sites (N-methyl/N-ethyl adjacent to an activating group) is 1. The molecule has 24 heavy (non-hydrogen) atoms. The average molecular weight is 379 g/mol. The molecule has 0 bridgehead atoms. The molecule has 0 fully saturated rings. The van der Waals surface area contributed by atoms with Gasteiger partial charge < -0.3 is 9.80 Å². The van der Waals surface area contributed by atoms with Gasteiger partial charge in [-0.3, -0.25) is 0 Å². The third-order valence-corrected chi connectivity index (χ3v) is 5.73. The van der Waals surface area contributed by atoms with Crippen LogP contribution in [0.15, 0.2) is 63.9 Å². The van der Waals surface area contributed by atoms with Crippen molar-refractivity contribution in [3.63, 3.8) is 0 Å². The quantitative estimate of drug-likeness (QED) is 0.625. The van der Waals surface area contributed by atoms with Crippen molar-refractivity contribution in [1.29, 1.82) is 0 Å². The predicted octanol–water partition coefficient (Wildman–Crippen LogP) is 5.63. The van der Waals surface area contributed by atoms with E-state index in [2.05, 4.69) is 59.3 Å². The van der Waals surface area contributed by atoms with Crippen LogP contribution >= 0.6 is 35.8 Å². The zero-order valence-corrected chi connectivity index (χ0v) is 15.9. The van der Waals surface area contributed by atoms with Gasteiger partial charge in [0.15, 0.2) is 0 Å². The van der Waals surface area contributed by atoms with Gasteiger partial charge in [0.2, 0.25) is 0 Å². The Hall–Kier alpha value is -1.13. The van der Waals surface area contributed by atoms with Crippen LogP contribution in [0.5, 0.6) is 0 Å². The van der Waals surface area contributed by atoms with Crippen molar-refractivity contribution >= 4 is 47.1 Å². The maximum Gasteiger partial charge on any atom is 0.0570 e. The number of nitrogens with zero attached hydrogens (tertiary/aromatic N) is 2. The minimum Gasteiger partial charge on any atom is -0.335 e. The molecule has 2 aromatic carbocycles. The molecule has 126 valence electrons. The molecular formula is C19H20Cl2N2S. The minimum atomic E-state index is 0. The zero-order chi connectivity index (χ0) is 15.8. The van der Waals surface area contributed by atoms with Gasteiger partial charge in [-0.1, -0.05) is 41.6 Å². The summed E-state index contributed by atoms with van der Waals surface area (Å²) in [5.41, 5.74) is 3.98. The van der Waals surface area contributed by atoms with Gasteiger partial charge in [-0.2, -0.15) is 0 Å². The highest BCUT2D eigenvalue weighted by Crippen LogP contribution is 2.48. The summed E-state index contributed by atoms with van der Waals surface area (Å²) in [7, 11) is 2.19. The lowest BCUT2D eigenvalue weighted by Crippen LogP contribution is -2.32. The molecule has 2 heterocycles. The summed E-state index contributed by atoms with van der Waals surface area (Å²) in [6.45, 7) is 3.12. The lowest BCUT2D eigenvalue weighted by molar-refractivity contribution is 0.353. The third-order valence-electron chi connectivity index (χ3n) is 4.37. The standard InChI is InChI=1S/C19H19ClN2S.ClH/c1-21-10-4-5-14(12-21)13-22-16-6-2-3-7-18(16)23-19-9-8-15(20)11-17(19)22;/h2-3,5-9,11H,4,10,12-13H2,1H3;1H. The van der Waals surface area contributed by atoms with E-state index in [0.717, 1.165) is 31.1 Å². The molecular weight excluding hydrogens is 359 g/mol. The lowest BCUT2D eigenvalue weighted by Gasteiger charge is -2.35. The largest absolute Gasteiger partial charge is 0.335 e. The monoisotopic (exact) mass is 378 g/mol. The predicted molar refractivity (Wildman–Crippen MR) is 106 cm³/mol. The van der Waals surface area contributed by atoms with Gasteiger partial charge in [0.1, 0.15) is 0 Å². The van der Waals surface area contributed by atoms with Crippen molar-refractivity contribution in [1.82, 2.24) is 4.90 Å². The Morgan fingerprint density at radius 2 is 1.88 bits per heavy atom. The molecule has 0 spiro atoms. The van der Waals surface area contributed by atoms with Gasteiger partial charge in [0.25, 0.3) is 0 Å². The summed E-state index contributed by atoms with van der Waals surface area (Å²) in [6.07, 6.45) is 3.53. The van der Waals surface area contributed by atoms with Crippen LogP contribution in [0.3, 0.4) is 0 Å². The molecule has 0 saturated carbocycles. The van der Waals surface area contributed by atoms with Gasteiger partial charge in [0, 0.05) is 34.4 Å². The van der Waals surface area contributed by atoms with E-state index in [4.69, 9.17) is 11.6 Å². The summed E-state index contributed by atoms with van der Waals surface area (Å²) < 4.78 is 0. The molecule has 0 aliphatic carbocycles. The molecule has 2 aliphatic rings. The number of rotatable bonds is 2. The number of hydrogen-bond acceptors (Lipinski definition) is 3. The molecule has 2 nitrogen and oxygen atoms in total. The Kier molecular flexibility index (Phi) is 5.46. The topological polar surface area (TPSA) is 6.48 Å². The molecule has 0 unspecified atom stereocenters. The zero-order valence-electron chi connectivity index (χ0n) is 13.5. The highest BCUT2D eigenvalue weighted by atomic mass is 35.5. The van der Waals surface area contributed by atoms with E-state index in [1.807, 2.05) is 17.8 Å². The number of fused-ring (bicyclic) bond motifs is 2. The summed E-state index contributed by atoms with van der Waals surface area (Å²) in [6, 6.07) is 14.8. The Labute approximate surface area is 158 Å². The van der Waals surface area contributed by atoms with Crippen molar-refractivity contribution in [2.24, 2.45) is 0 Å². The first kappa shape index (κ1) is 17.7. The first-order valence-corrected chi connectivity index (χ1v) is 9.10. The Bertz CT molecular complexity index is 776. The van der Waals surface area contributed by atoms with E-state index in [1.165, 1.54) is 26.7 Å². The number of anilines is 2. The second-order valence-electron chi connectivity index (χ2n) is 6.16. The smallest absolute Gasteiger partial charge is 0.0570 e. The fourth-order valence-electron chi connectivity index (χ4n) is 3.27. The molecule has 5 heteroatoms. The molecule has 0 saturated heterocycles. The van der Waals surface area contributed by atoms with Crippen LogP contribution in [-0.4, -0.2) is 31.6 Å². The highest BCUT2D eigenvalue weighted by molar-refractivity contribution is 7.99. The molecule has 4 rings (SSSR count). The van der Waals surface area contributed by atoms with Gasteiger partial charge >= 0.3 is 0 Å². The van der Waals surface area contributed by atoms with Crippen LogP contribution in [0.1, 0.15) is 6.42 Å². The molecule has 0 radical (unpaired) electrons. The van der Waals surface area contributed by atoms with Crippen molar-refractivity contribution in [2.45, 2.75) is 16.2 Å². The van der Waals surface area contributed by atoms with E-state index in [0.29, 0.717) is 0 Å². The molecule has 0 aromatic heterocycles. The second kappa shape index (κ2) is 7.40. The summed E-state index contributed by atoms with van der Waals surface area (Å²) in [5, 5.41) is 0.795. The van der Waals surface area contributed by atoms with Gasteiger partial charge in [-0.15, -0.1) is 12.4 Å². The van der Waals surface area contributed by atoms with Crippen LogP contribution in [0.2, 0.25) is 5.02 Å². The first-order valence-electron chi connectivity index (χ1n) is 7.91. The normalized spacial score (nSPS) is 16.8. The van der Waals surface area contributed by atoms with E-state index in [-0.39, 0.29) is 12.4 Å². The van der Waals surface area contributed by atoms with E-state index in [1.54, 1.807) is 0 Å². The van der Waals surface area contributed by atoms with E-state index in [9.17, 15) is 0 Å². The number of benzene rings is 2. The maximum atomic E-state index is 6.28. The molecule has 0 N–H and O–H groups in total. The lowest BCUT2D eigenvalue weighted by atomic mass is 10.1. The van der Waals surface area contributed by atoms with E-state index >= 15 is 0 Å². The first-order chi connectivity index (χ1) is 11.2. The minimum absolute atomic E-state index is 0. The molecule has 0 amide bonds. The van der Waals surface area contributed by atoms with Crippen LogP contribution in [0.25, 0.3) is 0 Å². The number of hydrogen-bond donors (Lipinski definition) is 0. The van der Waals surface area contributed by atoms with Crippen LogP contribution in [0.4, 0.5) is 11.4 Å². The Morgan fingerprint density at radius 3 is 2.71 bits per heavy atom. The SMILES string of the molecule is CN1CCC=C(CN2c3ccccc3Sc3ccc(Cl)cc32)C1.Cl. The van der Waals surface area contributed by atoms with Crippen molar-refractivity contribution in [3.8, 4) is 0 Å². The van der Waals surface area contributed by atoms with Crippen LogP contribution < -0.4 is 4.90 Å². The fraction of sp³-hybridized carbons (Fsp3) is 0.263. The average Bonchev–Trinajstić information content (AvgIpc) is 2.55. The van der Waals surface area contributed by atoms with E-state index < -0.39 is 0 Å². The fourth-order valence-corrected chi connectivity index (χ4v) is 4.51. The highest BCUT2D eigenvalue weighted by Gasteiger charge is 2.24. The summed E-state index contributed by atoms with van der Waals surface area (Å²) >= 11 is 8.10. The van der Waals surface area contributed by atoms with Gasteiger partial charge in [-0.25, -0.2) is 0 Å². The summed E-state index contributed by atoms with van der Waals surface area (Å²) in [4.78, 5) is 7.39. The third kappa shape index (κ3) is 3.45. The molecule has 2 aromatic rings. The summed E-state index contributed by atoms with van der Waals surface area (Å²) in [5.74, 6) is 0. The van der Waals surface area contributed by atoms with Crippen molar-refractivity contribution < 1.29 is 0 Å². The van der Waals surface area contributed by atoms with Crippen molar-refractivity contribution in [2.75, 3.05) is 31.6 Å². The Morgan fingerprint density at radius 1 is 1.08 bits per heavy atom. The Balaban J connectivity index is 0.00000169. The van der Waals surface area contributed by atoms with Gasteiger partial charge in [-0.05, 0) is 49.4 Å². The number of para-hydroxylation sites is 1.